The first kappa shape index (κ1) is 15.4. The predicted octanol–water partition coefficient (Wildman–Crippen LogP) is 1.49. The van der Waals surface area contributed by atoms with Gasteiger partial charge in [-0.25, -0.2) is 0 Å². The molecule has 2 unspecified atom stereocenters. The molecule has 0 aliphatic heterocycles. The molecule has 0 aromatic rings. The molecule has 1 aliphatic carbocycles. The van der Waals surface area contributed by atoms with Gasteiger partial charge in [0.05, 0.1) is 6.04 Å². The van der Waals surface area contributed by atoms with Gasteiger partial charge in [0.15, 0.2) is 0 Å². The first-order chi connectivity index (χ1) is 8.60. The highest BCUT2D eigenvalue weighted by Crippen LogP contribution is 2.28. The Labute approximate surface area is 111 Å². The van der Waals surface area contributed by atoms with Crippen LogP contribution in [0.4, 0.5) is 0 Å². The second kappa shape index (κ2) is 7.74. The van der Waals surface area contributed by atoms with Crippen LogP contribution in [0.15, 0.2) is 0 Å². The van der Waals surface area contributed by atoms with Gasteiger partial charge in [-0.15, -0.1) is 0 Å². The fourth-order valence-corrected chi connectivity index (χ4v) is 2.39. The van der Waals surface area contributed by atoms with E-state index in [4.69, 9.17) is 5.73 Å². The number of carbonyl (C=O) groups excluding carboxylic acids is 1. The van der Waals surface area contributed by atoms with E-state index in [1.165, 1.54) is 12.8 Å². The summed E-state index contributed by atoms with van der Waals surface area (Å²) in [5.41, 5.74) is 5.57. The van der Waals surface area contributed by atoms with E-state index in [-0.39, 0.29) is 18.0 Å². The van der Waals surface area contributed by atoms with E-state index in [9.17, 15) is 4.79 Å². The van der Waals surface area contributed by atoms with Crippen molar-refractivity contribution in [2.45, 2.75) is 71.0 Å². The van der Waals surface area contributed by atoms with Crippen molar-refractivity contribution in [3.8, 4) is 0 Å². The maximum absolute atomic E-state index is 12.2. The lowest BCUT2D eigenvalue weighted by Gasteiger charge is -2.29. The zero-order valence-electron chi connectivity index (χ0n) is 12.1. The van der Waals surface area contributed by atoms with Crippen LogP contribution in [0.3, 0.4) is 0 Å². The summed E-state index contributed by atoms with van der Waals surface area (Å²) in [6, 6.07) is 0.864. The zero-order chi connectivity index (χ0) is 13.5. The minimum atomic E-state index is -0.0247. The maximum atomic E-state index is 12.2. The van der Waals surface area contributed by atoms with Crippen molar-refractivity contribution in [3.63, 3.8) is 0 Å². The number of hydrogen-bond donors (Lipinski definition) is 2. The largest absolute Gasteiger partial charge is 0.352 e. The summed E-state index contributed by atoms with van der Waals surface area (Å²) in [4.78, 5) is 14.5. The van der Waals surface area contributed by atoms with E-state index in [0.717, 1.165) is 25.8 Å². The molecule has 1 amide bonds. The van der Waals surface area contributed by atoms with Crippen molar-refractivity contribution in [1.82, 2.24) is 10.2 Å². The van der Waals surface area contributed by atoms with E-state index in [1.54, 1.807) is 0 Å². The smallest absolute Gasteiger partial charge is 0.237 e. The van der Waals surface area contributed by atoms with Crippen molar-refractivity contribution in [3.05, 3.63) is 0 Å². The van der Waals surface area contributed by atoms with Crippen LogP contribution in [0.1, 0.15) is 52.9 Å². The van der Waals surface area contributed by atoms with Gasteiger partial charge in [-0.3, -0.25) is 9.69 Å². The van der Waals surface area contributed by atoms with E-state index in [1.807, 2.05) is 6.92 Å². The lowest BCUT2D eigenvalue weighted by atomic mass is 10.1. The van der Waals surface area contributed by atoms with Crippen LogP contribution in [0, 0.1) is 0 Å². The van der Waals surface area contributed by atoms with Gasteiger partial charge < -0.3 is 11.1 Å². The molecule has 0 radical (unpaired) electrons. The van der Waals surface area contributed by atoms with E-state index < -0.39 is 0 Å². The van der Waals surface area contributed by atoms with Crippen molar-refractivity contribution in [2.24, 2.45) is 5.73 Å². The van der Waals surface area contributed by atoms with E-state index >= 15 is 0 Å². The molecule has 0 aromatic heterocycles. The minimum absolute atomic E-state index is 0.0247. The molecule has 0 spiro atoms. The molecule has 0 aromatic carbocycles. The van der Waals surface area contributed by atoms with Crippen molar-refractivity contribution < 1.29 is 4.79 Å². The molecule has 0 bridgehead atoms. The number of nitrogens with zero attached hydrogens (tertiary/aromatic N) is 1. The maximum Gasteiger partial charge on any atom is 0.237 e. The van der Waals surface area contributed by atoms with Crippen molar-refractivity contribution in [2.75, 3.05) is 13.1 Å². The van der Waals surface area contributed by atoms with Crippen LogP contribution in [0.2, 0.25) is 0 Å². The molecule has 1 aliphatic rings. The standard InChI is InChI=1S/C14H29N3O/c1-4-6-11(2)16-14(18)12(3)17(10-5-9-15)13-7-8-13/h11-13H,4-10,15H2,1-3H3,(H,16,18). The third-order valence-corrected chi connectivity index (χ3v) is 3.62. The topological polar surface area (TPSA) is 58.4 Å². The van der Waals surface area contributed by atoms with Gasteiger partial charge in [-0.1, -0.05) is 13.3 Å². The Morgan fingerprint density at radius 3 is 2.61 bits per heavy atom. The third kappa shape index (κ3) is 4.94. The Morgan fingerprint density at radius 2 is 2.11 bits per heavy atom. The highest BCUT2D eigenvalue weighted by atomic mass is 16.2. The summed E-state index contributed by atoms with van der Waals surface area (Å²) >= 11 is 0. The van der Waals surface area contributed by atoms with Gasteiger partial charge in [-0.05, 0) is 46.1 Å². The van der Waals surface area contributed by atoms with Crippen LogP contribution in [-0.2, 0) is 4.79 Å². The summed E-state index contributed by atoms with van der Waals surface area (Å²) in [5.74, 6) is 0.167. The van der Waals surface area contributed by atoms with Crippen molar-refractivity contribution >= 4 is 5.91 Å². The Balaban J connectivity index is 2.43. The number of nitrogens with two attached hydrogens (primary N) is 1. The summed E-state index contributed by atoms with van der Waals surface area (Å²) in [5, 5.41) is 3.11. The van der Waals surface area contributed by atoms with Gasteiger partial charge >= 0.3 is 0 Å². The molecule has 1 rings (SSSR count). The Kier molecular flexibility index (Phi) is 6.65. The number of carbonyl (C=O) groups is 1. The molecule has 0 heterocycles. The van der Waals surface area contributed by atoms with Gasteiger partial charge in [-0.2, -0.15) is 0 Å². The number of nitrogens with one attached hydrogen (secondary N) is 1. The Bertz CT molecular complexity index is 253. The molecule has 4 heteroatoms. The third-order valence-electron chi connectivity index (χ3n) is 3.62. The summed E-state index contributed by atoms with van der Waals surface area (Å²) in [6.07, 6.45) is 5.58. The molecule has 106 valence electrons. The molecule has 1 fully saturated rings. The molecule has 4 nitrogen and oxygen atoms in total. The van der Waals surface area contributed by atoms with Gasteiger partial charge in [0.25, 0.3) is 0 Å². The fourth-order valence-electron chi connectivity index (χ4n) is 2.39. The normalized spacial score (nSPS) is 18.7. The van der Waals surface area contributed by atoms with Crippen LogP contribution in [0.25, 0.3) is 0 Å². The molecule has 3 N–H and O–H groups in total. The monoisotopic (exact) mass is 255 g/mol. The van der Waals surface area contributed by atoms with Crippen LogP contribution >= 0.6 is 0 Å². The number of amides is 1. The molecular weight excluding hydrogens is 226 g/mol. The van der Waals surface area contributed by atoms with Crippen molar-refractivity contribution in [1.29, 1.82) is 0 Å². The van der Waals surface area contributed by atoms with E-state index in [0.29, 0.717) is 12.6 Å². The molecular formula is C14H29N3O. The molecule has 1 saturated carbocycles. The van der Waals surface area contributed by atoms with Crippen LogP contribution in [0.5, 0.6) is 0 Å². The first-order valence-corrected chi connectivity index (χ1v) is 7.36. The summed E-state index contributed by atoms with van der Waals surface area (Å²) in [6.45, 7) is 7.88. The number of rotatable bonds is 9. The summed E-state index contributed by atoms with van der Waals surface area (Å²) in [7, 11) is 0. The van der Waals surface area contributed by atoms with Gasteiger partial charge in [0.1, 0.15) is 0 Å². The molecule has 18 heavy (non-hydrogen) atoms. The average molecular weight is 255 g/mol. The van der Waals surface area contributed by atoms with Crippen LogP contribution in [-0.4, -0.2) is 42.0 Å². The molecule has 0 saturated heterocycles. The van der Waals surface area contributed by atoms with Gasteiger partial charge in [0.2, 0.25) is 5.91 Å². The average Bonchev–Trinajstić information content (AvgIpc) is 3.13. The zero-order valence-corrected chi connectivity index (χ0v) is 12.1. The van der Waals surface area contributed by atoms with E-state index in [2.05, 4.69) is 24.1 Å². The molecule has 2 atom stereocenters. The minimum Gasteiger partial charge on any atom is -0.352 e. The SMILES string of the molecule is CCCC(C)NC(=O)C(C)N(CCCN)C1CC1. The second-order valence-corrected chi connectivity index (χ2v) is 5.49. The lowest BCUT2D eigenvalue weighted by Crippen LogP contribution is -2.49. The quantitative estimate of drug-likeness (QED) is 0.656. The lowest BCUT2D eigenvalue weighted by molar-refractivity contribution is -0.126. The van der Waals surface area contributed by atoms with Gasteiger partial charge in [0, 0.05) is 18.6 Å². The summed E-state index contributed by atoms with van der Waals surface area (Å²) < 4.78 is 0. The Morgan fingerprint density at radius 1 is 1.44 bits per heavy atom. The highest BCUT2D eigenvalue weighted by Gasteiger charge is 2.34. The predicted molar refractivity (Wildman–Crippen MR) is 75.4 cm³/mol. The first-order valence-electron chi connectivity index (χ1n) is 7.36. The fraction of sp³-hybridized carbons (Fsp3) is 0.929. The number of hydrogen-bond acceptors (Lipinski definition) is 3. The second-order valence-electron chi connectivity index (χ2n) is 5.49. The Hall–Kier alpha value is -0.610. The van der Waals surface area contributed by atoms with Crippen LogP contribution < -0.4 is 11.1 Å². The highest BCUT2D eigenvalue weighted by molar-refractivity contribution is 5.81.